The Morgan fingerprint density at radius 1 is 1.29 bits per heavy atom. The van der Waals surface area contributed by atoms with Crippen molar-refractivity contribution in [3.05, 3.63) is 42.3 Å². The Labute approximate surface area is 195 Å². The first-order chi connectivity index (χ1) is 16.3. The van der Waals surface area contributed by atoms with Gasteiger partial charge in [0.1, 0.15) is 17.6 Å². The minimum atomic E-state index is -0.584. The number of nitrogens with zero attached hydrogens (tertiary/aromatic N) is 7. The molecule has 1 atom stereocenters. The summed E-state index contributed by atoms with van der Waals surface area (Å²) in [5.74, 6) is -0.324. The maximum atomic E-state index is 14.9. The molecule has 178 valence electrons. The fourth-order valence-electron chi connectivity index (χ4n) is 3.42. The molecule has 0 saturated carbocycles. The number of rotatable bonds is 8. The lowest BCUT2D eigenvalue weighted by molar-refractivity contribution is -0.119. The molecule has 3 aromatic rings. The zero-order valence-electron chi connectivity index (χ0n) is 19.1. The molecule has 2 aromatic heterocycles. The van der Waals surface area contributed by atoms with Gasteiger partial charge in [-0.2, -0.15) is 4.80 Å². The van der Waals surface area contributed by atoms with E-state index in [9.17, 15) is 14.0 Å². The van der Waals surface area contributed by atoms with Gasteiger partial charge in [0.2, 0.25) is 11.7 Å². The highest BCUT2D eigenvalue weighted by molar-refractivity contribution is 5.90. The maximum Gasteiger partial charge on any atom is 0.414 e. The van der Waals surface area contributed by atoms with Crippen molar-refractivity contribution in [1.29, 1.82) is 0 Å². The first kappa shape index (κ1) is 23.2. The zero-order valence-corrected chi connectivity index (χ0v) is 19.1. The largest absolute Gasteiger partial charge is 0.442 e. The number of likely N-dealkylation sites (N-methyl/N-ethyl adjacent to an activating group) is 1. The van der Waals surface area contributed by atoms with Gasteiger partial charge in [-0.15, -0.1) is 10.2 Å². The normalized spacial score (nSPS) is 15.6. The van der Waals surface area contributed by atoms with E-state index in [1.807, 2.05) is 19.0 Å². The second-order valence-electron chi connectivity index (χ2n) is 8.16. The van der Waals surface area contributed by atoms with Crippen molar-refractivity contribution in [3.63, 3.8) is 0 Å². The van der Waals surface area contributed by atoms with Crippen molar-refractivity contribution in [2.75, 3.05) is 38.6 Å². The van der Waals surface area contributed by atoms with Crippen molar-refractivity contribution >= 4 is 17.7 Å². The van der Waals surface area contributed by atoms with Crippen LogP contribution in [0.4, 0.5) is 14.9 Å². The van der Waals surface area contributed by atoms with Gasteiger partial charge in [-0.3, -0.25) is 14.7 Å². The molecule has 1 saturated heterocycles. The van der Waals surface area contributed by atoms with E-state index in [-0.39, 0.29) is 19.0 Å². The Morgan fingerprint density at radius 2 is 2.12 bits per heavy atom. The number of anilines is 1. The molecule has 1 aliphatic rings. The molecule has 1 unspecified atom stereocenters. The summed E-state index contributed by atoms with van der Waals surface area (Å²) in [6.07, 6.45) is 0.464. The Kier molecular flexibility index (Phi) is 6.77. The number of nitrogens with one attached hydrogen (secondary N) is 1. The third kappa shape index (κ3) is 5.34. The highest BCUT2D eigenvalue weighted by Gasteiger charge is 2.32. The number of tetrazole rings is 1. The van der Waals surface area contributed by atoms with E-state index in [1.165, 1.54) is 22.7 Å². The molecule has 4 rings (SSSR count). The molecule has 34 heavy (non-hydrogen) atoms. The van der Waals surface area contributed by atoms with Gasteiger partial charge in [0, 0.05) is 30.8 Å². The summed E-state index contributed by atoms with van der Waals surface area (Å²) >= 11 is 0. The van der Waals surface area contributed by atoms with Crippen LogP contribution in [0.5, 0.6) is 0 Å². The van der Waals surface area contributed by atoms with Crippen molar-refractivity contribution in [1.82, 2.24) is 35.4 Å². The summed E-state index contributed by atoms with van der Waals surface area (Å²) in [4.78, 5) is 32.5. The van der Waals surface area contributed by atoms with E-state index in [4.69, 9.17) is 4.74 Å². The molecular formula is C22H25FN8O3. The van der Waals surface area contributed by atoms with Gasteiger partial charge in [-0.05, 0) is 43.6 Å². The molecule has 1 N–H and O–H groups in total. The topological polar surface area (TPSA) is 118 Å². The van der Waals surface area contributed by atoms with Crippen LogP contribution in [0.3, 0.4) is 0 Å². The lowest BCUT2D eigenvalue weighted by Gasteiger charge is -2.14. The van der Waals surface area contributed by atoms with E-state index in [2.05, 4.69) is 25.7 Å². The van der Waals surface area contributed by atoms with E-state index in [1.54, 1.807) is 30.5 Å². The molecule has 2 amide bonds. The number of aromatic nitrogens is 5. The van der Waals surface area contributed by atoms with Crippen LogP contribution in [0.25, 0.3) is 22.6 Å². The van der Waals surface area contributed by atoms with Gasteiger partial charge in [0.25, 0.3) is 0 Å². The standard InChI is InChI=1S/C22H25FN8O3/c1-14(32)24-12-17-13-30(22(33)34-17)16-5-6-18(19(23)10-16)15-4-7-20(25-11-15)21-26-28-31(27-21)9-8-29(2)3/h4-7,10-11,17H,8-9,12-13H2,1-3H3,(H,24,32). The van der Waals surface area contributed by atoms with Crippen LogP contribution in [-0.4, -0.2) is 81.9 Å². The smallest absolute Gasteiger partial charge is 0.414 e. The maximum absolute atomic E-state index is 14.9. The molecule has 12 heteroatoms. The lowest BCUT2D eigenvalue weighted by atomic mass is 10.1. The first-order valence-electron chi connectivity index (χ1n) is 10.7. The van der Waals surface area contributed by atoms with Crippen molar-refractivity contribution in [2.45, 2.75) is 19.6 Å². The molecule has 11 nitrogen and oxygen atoms in total. The summed E-state index contributed by atoms with van der Waals surface area (Å²) in [5, 5.41) is 15.0. The Balaban J connectivity index is 1.45. The van der Waals surface area contributed by atoms with Crippen LogP contribution in [0.15, 0.2) is 36.5 Å². The number of cyclic esters (lactones) is 1. The fourth-order valence-corrected chi connectivity index (χ4v) is 3.42. The number of hydrogen-bond donors (Lipinski definition) is 1. The number of ether oxygens (including phenoxy) is 1. The molecule has 0 radical (unpaired) electrons. The van der Waals surface area contributed by atoms with Crippen LogP contribution < -0.4 is 10.2 Å². The predicted molar refractivity (Wildman–Crippen MR) is 121 cm³/mol. The summed E-state index contributed by atoms with van der Waals surface area (Å²) < 4.78 is 20.2. The average molecular weight is 468 g/mol. The molecule has 1 aliphatic heterocycles. The number of amides is 2. The first-order valence-corrected chi connectivity index (χ1v) is 10.7. The third-order valence-electron chi connectivity index (χ3n) is 5.22. The summed E-state index contributed by atoms with van der Waals surface area (Å²) in [5.41, 5.74) is 1.81. The molecule has 1 aromatic carbocycles. The van der Waals surface area contributed by atoms with Crippen LogP contribution in [-0.2, 0) is 16.1 Å². The average Bonchev–Trinajstić information content (AvgIpc) is 3.43. The number of hydrogen-bond acceptors (Lipinski definition) is 8. The summed E-state index contributed by atoms with van der Waals surface area (Å²) in [6.45, 7) is 3.19. The van der Waals surface area contributed by atoms with Gasteiger partial charge < -0.3 is 15.0 Å². The number of carbonyl (C=O) groups excluding carboxylic acids is 2. The van der Waals surface area contributed by atoms with Crippen LogP contribution in [0.2, 0.25) is 0 Å². The predicted octanol–water partition coefficient (Wildman–Crippen LogP) is 1.56. The molecule has 0 spiro atoms. The molecular weight excluding hydrogens is 443 g/mol. The summed E-state index contributed by atoms with van der Waals surface area (Å²) in [6, 6.07) is 7.95. The van der Waals surface area contributed by atoms with Gasteiger partial charge >= 0.3 is 6.09 Å². The Bertz CT molecular complexity index is 1180. The Morgan fingerprint density at radius 3 is 2.79 bits per heavy atom. The van der Waals surface area contributed by atoms with E-state index < -0.39 is 18.0 Å². The van der Waals surface area contributed by atoms with Crippen LogP contribution in [0, 0.1) is 5.82 Å². The van der Waals surface area contributed by atoms with Gasteiger partial charge in [-0.25, -0.2) is 9.18 Å². The van der Waals surface area contributed by atoms with Crippen molar-refractivity contribution < 1.29 is 18.7 Å². The van der Waals surface area contributed by atoms with Crippen LogP contribution in [0.1, 0.15) is 6.92 Å². The van der Waals surface area contributed by atoms with Gasteiger partial charge in [0.05, 0.1) is 25.3 Å². The third-order valence-corrected chi connectivity index (χ3v) is 5.22. The van der Waals surface area contributed by atoms with Crippen molar-refractivity contribution in [3.8, 4) is 22.6 Å². The lowest BCUT2D eigenvalue weighted by Crippen LogP contribution is -2.33. The van der Waals surface area contributed by atoms with E-state index >= 15 is 0 Å². The monoisotopic (exact) mass is 468 g/mol. The number of pyridine rings is 1. The Hall–Kier alpha value is -3.93. The second kappa shape index (κ2) is 9.91. The minimum absolute atomic E-state index is 0.203. The molecule has 0 aliphatic carbocycles. The minimum Gasteiger partial charge on any atom is -0.442 e. The highest BCUT2D eigenvalue weighted by atomic mass is 19.1. The molecule has 0 bridgehead atoms. The zero-order chi connectivity index (χ0) is 24.2. The highest BCUT2D eigenvalue weighted by Crippen LogP contribution is 2.29. The van der Waals surface area contributed by atoms with E-state index in [0.717, 1.165) is 6.54 Å². The van der Waals surface area contributed by atoms with Gasteiger partial charge in [-0.1, -0.05) is 6.07 Å². The second-order valence-corrected chi connectivity index (χ2v) is 8.16. The quantitative estimate of drug-likeness (QED) is 0.529. The summed E-state index contributed by atoms with van der Waals surface area (Å²) in [7, 11) is 3.93. The molecule has 1 fully saturated rings. The van der Waals surface area contributed by atoms with Crippen LogP contribution >= 0.6 is 0 Å². The SMILES string of the molecule is CC(=O)NCC1CN(c2ccc(-c3ccc(-c4nnn(CCN(C)C)n4)nc3)c(F)c2)C(=O)O1. The van der Waals surface area contributed by atoms with E-state index in [0.29, 0.717) is 34.9 Å². The molecule has 3 heterocycles. The fraction of sp³-hybridized carbons (Fsp3) is 0.364. The number of halogens is 1. The van der Waals surface area contributed by atoms with Gasteiger partial charge in [0.15, 0.2) is 0 Å². The van der Waals surface area contributed by atoms with Crippen molar-refractivity contribution in [2.24, 2.45) is 0 Å². The number of carbonyl (C=O) groups is 2. The number of benzene rings is 1.